The standard InChI is InChI=1S/C36H42N2O4/c1-21(2)41-33-17-23(5)15-31(39-9)35(33)25-11-13-27-29(19-25)37(7)28-14-12-26(20-30(28)38(27)8)36-32(40-10)16-24(6)18-34(36)42-22(3)4/h11-22H,1-10H3. The third-order valence-corrected chi connectivity index (χ3v) is 7.56. The van der Waals surface area contributed by atoms with Gasteiger partial charge in [-0.3, -0.25) is 0 Å². The minimum atomic E-state index is 0.0429. The van der Waals surface area contributed by atoms with Gasteiger partial charge in [0.2, 0.25) is 0 Å². The van der Waals surface area contributed by atoms with Gasteiger partial charge in [0.25, 0.3) is 0 Å². The first kappa shape index (κ1) is 29.2. The van der Waals surface area contributed by atoms with Crippen LogP contribution in [0.5, 0.6) is 23.0 Å². The molecule has 0 amide bonds. The van der Waals surface area contributed by atoms with Crippen LogP contribution in [-0.2, 0) is 0 Å². The lowest BCUT2D eigenvalue weighted by Gasteiger charge is -2.37. The molecule has 5 rings (SSSR count). The van der Waals surface area contributed by atoms with E-state index in [0.29, 0.717) is 0 Å². The summed E-state index contributed by atoms with van der Waals surface area (Å²) in [5.41, 5.74) is 10.6. The SMILES string of the molecule is COc1cc(C)cc(OC(C)C)c1-c1ccc2c(c1)N(C)c1ccc(-c3c(OC)cc(C)cc3OC(C)C)cc1N2C. The first-order valence-electron chi connectivity index (χ1n) is 14.5. The molecule has 0 radical (unpaired) electrons. The first-order valence-corrected chi connectivity index (χ1v) is 14.5. The number of benzene rings is 4. The molecule has 6 heteroatoms. The Hall–Kier alpha value is -4.32. The summed E-state index contributed by atoms with van der Waals surface area (Å²) in [4.78, 5) is 4.50. The van der Waals surface area contributed by atoms with Crippen LogP contribution in [-0.4, -0.2) is 40.5 Å². The summed E-state index contributed by atoms with van der Waals surface area (Å²) in [6.07, 6.45) is 0.0859. The number of anilines is 4. The summed E-state index contributed by atoms with van der Waals surface area (Å²) in [6, 6.07) is 21.4. The van der Waals surface area contributed by atoms with Crippen LogP contribution in [0.2, 0.25) is 0 Å². The molecule has 220 valence electrons. The molecule has 0 saturated heterocycles. The topological polar surface area (TPSA) is 43.4 Å². The van der Waals surface area contributed by atoms with Crippen molar-refractivity contribution in [1.29, 1.82) is 0 Å². The lowest BCUT2D eigenvalue weighted by atomic mass is 9.96. The van der Waals surface area contributed by atoms with Gasteiger partial charge in [0.1, 0.15) is 23.0 Å². The van der Waals surface area contributed by atoms with Gasteiger partial charge in [0, 0.05) is 14.1 Å². The molecule has 0 bridgehead atoms. The Morgan fingerprint density at radius 2 is 0.857 bits per heavy atom. The quantitative estimate of drug-likeness (QED) is 0.212. The van der Waals surface area contributed by atoms with Gasteiger partial charge in [0.05, 0.1) is 60.3 Å². The minimum absolute atomic E-state index is 0.0429. The second-order valence-electron chi connectivity index (χ2n) is 11.5. The van der Waals surface area contributed by atoms with E-state index in [2.05, 4.69) is 98.4 Å². The fourth-order valence-electron chi connectivity index (χ4n) is 5.75. The van der Waals surface area contributed by atoms with Crippen LogP contribution in [0.4, 0.5) is 22.7 Å². The van der Waals surface area contributed by atoms with Crippen molar-refractivity contribution in [3.63, 3.8) is 0 Å². The van der Waals surface area contributed by atoms with Crippen molar-refractivity contribution < 1.29 is 18.9 Å². The van der Waals surface area contributed by atoms with Crippen molar-refractivity contribution in [2.75, 3.05) is 38.1 Å². The number of nitrogens with zero attached hydrogens (tertiary/aromatic N) is 2. The van der Waals surface area contributed by atoms with Crippen LogP contribution in [0.15, 0.2) is 60.7 Å². The number of aryl methyl sites for hydroxylation is 2. The molecule has 6 nitrogen and oxygen atoms in total. The van der Waals surface area contributed by atoms with Crippen molar-refractivity contribution in [1.82, 2.24) is 0 Å². The Bertz CT molecular complexity index is 1500. The van der Waals surface area contributed by atoms with E-state index in [0.717, 1.165) is 79.1 Å². The number of hydrogen-bond acceptors (Lipinski definition) is 6. The molecule has 0 fully saturated rings. The molecular weight excluding hydrogens is 524 g/mol. The highest BCUT2D eigenvalue weighted by molar-refractivity contribution is 5.97. The van der Waals surface area contributed by atoms with Gasteiger partial charge in [-0.2, -0.15) is 0 Å². The van der Waals surface area contributed by atoms with Crippen LogP contribution >= 0.6 is 0 Å². The molecule has 0 atom stereocenters. The summed E-state index contributed by atoms with van der Waals surface area (Å²) in [7, 11) is 7.66. The number of fused-ring (bicyclic) bond motifs is 2. The van der Waals surface area contributed by atoms with Crippen LogP contribution in [0.3, 0.4) is 0 Å². The van der Waals surface area contributed by atoms with Gasteiger partial charge in [-0.15, -0.1) is 0 Å². The van der Waals surface area contributed by atoms with E-state index in [-0.39, 0.29) is 12.2 Å². The van der Waals surface area contributed by atoms with Crippen molar-refractivity contribution in [2.45, 2.75) is 53.8 Å². The number of ether oxygens (including phenoxy) is 4. The van der Waals surface area contributed by atoms with Gasteiger partial charge in [-0.05, 0) is 112 Å². The zero-order valence-corrected chi connectivity index (χ0v) is 26.5. The van der Waals surface area contributed by atoms with E-state index >= 15 is 0 Å². The maximum absolute atomic E-state index is 6.26. The van der Waals surface area contributed by atoms with Crippen LogP contribution in [0.1, 0.15) is 38.8 Å². The summed E-state index contributed by atoms with van der Waals surface area (Å²) < 4.78 is 24.2. The highest BCUT2D eigenvalue weighted by atomic mass is 16.5. The number of rotatable bonds is 8. The lowest BCUT2D eigenvalue weighted by molar-refractivity contribution is 0.242. The van der Waals surface area contributed by atoms with Gasteiger partial charge in [-0.1, -0.05) is 12.1 Å². The lowest BCUT2D eigenvalue weighted by Crippen LogP contribution is -2.24. The summed E-state index contributed by atoms with van der Waals surface area (Å²) >= 11 is 0. The Kier molecular flexibility index (Phi) is 8.00. The molecule has 1 aliphatic rings. The van der Waals surface area contributed by atoms with Crippen LogP contribution < -0.4 is 28.7 Å². The predicted octanol–water partition coefficient (Wildman–Crippen LogP) is 9.08. The highest BCUT2D eigenvalue weighted by Crippen LogP contribution is 2.51. The van der Waals surface area contributed by atoms with E-state index < -0.39 is 0 Å². The van der Waals surface area contributed by atoms with Gasteiger partial charge >= 0.3 is 0 Å². The molecule has 4 aromatic rings. The van der Waals surface area contributed by atoms with Gasteiger partial charge in [0.15, 0.2) is 0 Å². The monoisotopic (exact) mass is 566 g/mol. The number of hydrogen-bond donors (Lipinski definition) is 0. The molecule has 0 N–H and O–H groups in total. The van der Waals surface area contributed by atoms with E-state index in [1.54, 1.807) is 14.2 Å². The first-order chi connectivity index (χ1) is 20.0. The third-order valence-electron chi connectivity index (χ3n) is 7.56. The zero-order valence-electron chi connectivity index (χ0n) is 26.5. The fraction of sp³-hybridized carbons (Fsp3) is 0.333. The van der Waals surface area contributed by atoms with E-state index in [1.807, 2.05) is 27.7 Å². The molecule has 0 aromatic heterocycles. The fourth-order valence-corrected chi connectivity index (χ4v) is 5.75. The smallest absolute Gasteiger partial charge is 0.131 e. The molecule has 42 heavy (non-hydrogen) atoms. The molecule has 4 aromatic carbocycles. The average molecular weight is 567 g/mol. The second kappa shape index (κ2) is 11.5. The Labute approximate surface area is 250 Å². The second-order valence-corrected chi connectivity index (χ2v) is 11.5. The molecule has 0 spiro atoms. The zero-order chi connectivity index (χ0) is 30.3. The van der Waals surface area contributed by atoms with Gasteiger partial charge in [-0.25, -0.2) is 0 Å². The van der Waals surface area contributed by atoms with Crippen LogP contribution in [0.25, 0.3) is 22.3 Å². The maximum atomic E-state index is 6.26. The predicted molar refractivity (Wildman–Crippen MR) is 174 cm³/mol. The van der Waals surface area contributed by atoms with Crippen molar-refractivity contribution >= 4 is 22.7 Å². The maximum Gasteiger partial charge on any atom is 0.131 e. The summed E-state index contributed by atoms with van der Waals surface area (Å²) in [5, 5.41) is 0. The van der Waals surface area contributed by atoms with Crippen LogP contribution in [0, 0.1) is 13.8 Å². The number of methoxy groups -OCH3 is 2. The van der Waals surface area contributed by atoms with Crippen molar-refractivity contribution in [3.8, 4) is 45.3 Å². The Morgan fingerprint density at radius 3 is 1.19 bits per heavy atom. The van der Waals surface area contributed by atoms with Crippen molar-refractivity contribution in [2.24, 2.45) is 0 Å². The third kappa shape index (κ3) is 5.34. The molecule has 1 heterocycles. The normalized spacial score (nSPS) is 12.4. The Morgan fingerprint density at radius 1 is 0.500 bits per heavy atom. The molecule has 0 aliphatic carbocycles. The molecule has 0 unspecified atom stereocenters. The van der Waals surface area contributed by atoms with E-state index in [9.17, 15) is 0 Å². The average Bonchev–Trinajstić information content (AvgIpc) is 2.94. The summed E-state index contributed by atoms with van der Waals surface area (Å²) in [5.74, 6) is 3.25. The molecule has 1 aliphatic heterocycles. The summed E-state index contributed by atoms with van der Waals surface area (Å²) in [6.45, 7) is 12.3. The van der Waals surface area contributed by atoms with Crippen molar-refractivity contribution in [3.05, 3.63) is 71.8 Å². The minimum Gasteiger partial charge on any atom is -0.496 e. The van der Waals surface area contributed by atoms with E-state index in [4.69, 9.17) is 18.9 Å². The Balaban J connectivity index is 1.61. The van der Waals surface area contributed by atoms with E-state index in [1.165, 1.54) is 0 Å². The molecule has 0 saturated carbocycles. The molecular formula is C36H42N2O4. The largest absolute Gasteiger partial charge is 0.496 e. The van der Waals surface area contributed by atoms with Gasteiger partial charge < -0.3 is 28.7 Å². The highest BCUT2D eigenvalue weighted by Gasteiger charge is 2.27.